The number of hydrogen-bond donors (Lipinski definition) is 0. The van der Waals surface area contributed by atoms with E-state index in [4.69, 9.17) is 4.74 Å². The smallest absolute Gasteiger partial charge is 0.360 e. The van der Waals surface area contributed by atoms with Gasteiger partial charge >= 0.3 is 5.97 Å². The van der Waals surface area contributed by atoms with Crippen molar-refractivity contribution in [3.8, 4) is 0 Å². The summed E-state index contributed by atoms with van der Waals surface area (Å²) >= 11 is 0. The lowest BCUT2D eigenvalue weighted by atomic mass is 10.3. The van der Waals surface area contributed by atoms with E-state index in [1.807, 2.05) is 0 Å². The average molecular weight is 185 g/mol. The third kappa shape index (κ3) is 1.83. The Kier molecular flexibility index (Phi) is 2.97. The fraction of sp³-hybridized carbons (Fsp3) is 0.571. The number of esters is 1. The number of hydrogen-bond acceptors (Lipinski definition) is 5. The lowest BCUT2D eigenvalue weighted by molar-refractivity contribution is 0.0588. The highest BCUT2D eigenvalue weighted by molar-refractivity contribution is 5.88. The lowest BCUT2D eigenvalue weighted by Gasteiger charge is -2.00. The van der Waals surface area contributed by atoms with E-state index in [2.05, 4.69) is 15.0 Å². The monoisotopic (exact) mass is 185 g/mol. The largest absolute Gasteiger partial charge is 0.464 e. The minimum absolute atomic E-state index is 0.201. The van der Waals surface area contributed by atoms with E-state index in [-0.39, 0.29) is 12.3 Å². The molecule has 0 amide bonds. The van der Waals surface area contributed by atoms with Crippen LogP contribution in [-0.2, 0) is 23.1 Å². The number of nitrogens with zero attached hydrogens (tertiary/aromatic N) is 3. The minimum Gasteiger partial charge on any atom is -0.464 e. The first-order valence-electron chi connectivity index (χ1n) is 3.66. The molecule has 0 radical (unpaired) electrons. The topological polar surface area (TPSA) is 66.2 Å². The molecule has 0 unspecified atom stereocenters. The van der Waals surface area contributed by atoms with E-state index in [0.717, 1.165) is 0 Å². The van der Waals surface area contributed by atoms with Gasteiger partial charge in [-0.05, 0) is 0 Å². The van der Waals surface area contributed by atoms with Crippen molar-refractivity contribution in [2.75, 3.05) is 14.2 Å². The van der Waals surface area contributed by atoms with E-state index in [0.29, 0.717) is 5.69 Å². The van der Waals surface area contributed by atoms with Gasteiger partial charge in [0.2, 0.25) is 0 Å². The maximum absolute atomic E-state index is 11.1. The third-order valence-electron chi connectivity index (χ3n) is 1.60. The highest BCUT2D eigenvalue weighted by Crippen LogP contribution is 2.06. The zero-order valence-electron chi connectivity index (χ0n) is 7.77. The first-order chi connectivity index (χ1) is 6.20. The van der Waals surface area contributed by atoms with E-state index >= 15 is 0 Å². The number of methoxy groups -OCH3 is 2. The Labute approximate surface area is 75.4 Å². The molecule has 6 nitrogen and oxygen atoms in total. The molecule has 1 aromatic heterocycles. The van der Waals surface area contributed by atoms with Gasteiger partial charge in [0, 0.05) is 14.2 Å². The summed E-state index contributed by atoms with van der Waals surface area (Å²) < 4.78 is 10.9. The normalized spacial score (nSPS) is 10.1. The molecular weight excluding hydrogens is 174 g/mol. The third-order valence-corrected chi connectivity index (χ3v) is 1.60. The van der Waals surface area contributed by atoms with Crippen molar-refractivity contribution < 1.29 is 14.3 Å². The molecule has 13 heavy (non-hydrogen) atoms. The summed E-state index contributed by atoms with van der Waals surface area (Å²) in [6.45, 7) is 0.286. The van der Waals surface area contributed by atoms with Crippen molar-refractivity contribution >= 4 is 5.97 Å². The minimum atomic E-state index is -0.500. The molecule has 72 valence electrons. The first kappa shape index (κ1) is 9.66. The van der Waals surface area contributed by atoms with Crippen LogP contribution < -0.4 is 0 Å². The maximum atomic E-state index is 11.1. The summed E-state index contributed by atoms with van der Waals surface area (Å²) in [5, 5.41) is 7.35. The standard InChI is InChI=1S/C7H11N3O3/c1-10-5(4-12-2)6(8-9-10)7(11)13-3/h4H2,1-3H3. The summed E-state index contributed by atoms with van der Waals surface area (Å²) in [4.78, 5) is 11.1. The van der Waals surface area contributed by atoms with Crippen LogP contribution in [0.4, 0.5) is 0 Å². The van der Waals surface area contributed by atoms with E-state index < -0.39 is 5.97 Å². The van der Waals surface area contributed by atoms with Gasteiger partial charge in [0.05, 0.1) is 19.4 Å². The number of rotatable bonds is 3. The van der Waals surface area contributed by atoms with Crippen molar-refractivity contribution in [1.29, 1.82) is 0 Å². The van der Waals surface area contributed by atoms with Gasteiger partial charge in [0.15, 0.2) is 5.69 Å². The number of ether oxygens (including phenoxy) is 2. The van der Waals surface area contributed by atoms with E-state index in [9.17, 15) is 4.79 Å². The predicted molar refractivity (Wildman–Crippen MR) is 43.1 cm³/mol. The van der Waals surface area contributed by atoms with E-state index in [1.165, 1.54) is 18.9 Å². The van der Waals surface area contributed by atoms with Crippen molar-refractivity contribution in [2.24, 2.45) is 7.05 Å². The van der Waals surface area contributed by atoms with Crippen LogP contribution >= 0.6 is 0 Å². The van der Waals surface area contributed by atoms with Crippen LogP contribution in [0.3, 0.4) is 0 Å². The van der Waals surface area contributed by atoms with Gasteiger partial charge in [0.1, 0.15) is 0 Å². The molecule has 1 heterocycles. The zero-order valence-corrected chi connectivity index (χ0v) is 7.77. The molecular formula is C7H11N3O3. The number of aryl methyl sites for hydroxylation is 1. The Hall–Kier alpha value is -1.43. The van der Waals surface area contributed by atoms with Gasteiger partial charge in [-0.2, -0.15) is 0 Å². The van der Waals surface area contributed by atoms with Gasteiger partial charge in [-0.1, -0.05) is 5.21 Å². The van der Waals surface area contributed by atoms with Crippen LogP contribution in [0, 0.1) is 0 Å². The Balaban J connectivity index is 2.99. The number of carbonyl (C=O) groups is 1. The molecule has 0 N–H and O–H groups in total. The molecule has 0 aromatic carbocycles. The highest BCUT2D eigenvalue weighted by atomic mass is 16.5. The van der Waals surface area contributed by atoms with Crippen molar-refractivity contribution in [1.82, 2.24) is 15.0 Å². The van der Waals surface area contributed by atoms with Crippen LogP contribution in [0.15, 0.2) is 0 Å². The molecule has 0 spiro atoms. The van der Waals surface area contributed by atoms with Crippen LogP contribution in [0.1, 0.15) is 16.2 Å². The Morgan fingerprint density at radius 2 is 2.23 bits per heavy atom. The number of aromatic nitrogens is 3. The van der Waals surface area contributed by atoms with Crippen molar-refractivity contribution in [3.63, 3.8) is 0 Å². The molecule has 0 fully saturated rings. The summed E-state index contributed by atoms with van der Waals surface area (Å²) in [5.41, 5.74) is 0.807. The molecule has 0 bridgehead atoms. The maximum Gasteiger partial charge on any atom is 0.360 e. The van der Waals surface area contributed by atoms with Crippen LogP contribution in [0.5, 0.6) is 0 Å². The second-order valence-electron chi connectivity index (χ2n) is 2.43. The molecule has 0 aliphatic heterocycles. The van der Waals surface area contributed by atoms with Crippen LogP contribution in [0.2, 0.25) is 0 Å². The SMILES string of the molecule is COCc1c(C(=O)OC)nnn1C. The van der Waals surface area contributed by atoms with E-state index in [1.54, 1.807) is 7.05 Å². The molecule has 0 atom stereocenters. The summed E-state index contributed by atoms with van der Waals surface area (Å²) in [6, 6.07) is 0. The highest BCUT2D eigenvalue weighted by Gasteiger charge is 2.18. The molecule has 6 heteroatoms. The lowest BCUT2D eigenvalue weighted by Crippen LogP contribution is -2.08. The summed E-state index contributed by atoms with van der Waals surface area (Å²) in [5.74, 6) is -0.500. The molecule has 0 saturated heterocycles. The van der Waals surface area contributed by atoms with Gasteiger partial charge in [0.25, 0.3) is 0 Å². The molecule has 0 saturated carbocycles. The number of carbonyl (C=O) groups excluding carboxylic acids is 1. The second-order valence-corrected chi connectivity index (χ2v) is 2.43. The van der Waals surface area contributed by atoms with Crippen molar-refractivity contribution in [2.45, 2.75) is 6.61 Å². The van der Waals surface area contributed by atoms with Crippen molar-refractivity contribution in [3.05, 3.63) is 11.4 Å². The first-order valence-corrected chi connectivity index (χ1v) is 3.66. The van der Waals surface area contributed by atoms with Crippen LogP contribution in [0.25, 0.3) is 0 Å². The fourth-order valence-corrected chi connectivity index (χ4v) is 0.931. The quantitative estimate of drug-likeness (QED) is 0.607. The van der Waals surface area contributed by atoms with Gasteiger partial charge < -0.3 is 9.47 Å². The van der Waals surface area contributed by atoms with Gasteiger partial charge in [-0.15, -0.1) is 5.10 Å². The van der Waals surface area contributed by atoms with Gasteiger partial charge in [-0.25, -0.2) is 9.48 Å². The Morgan fingerprint density at radius 1 is 1.54 bits per heavy atom. The molecule has 1 aromatic rings. The summed E-state index contributed by atoms with van der Waals surface area (Å²) in [6.07, 6.45) is 0. The molecule has 0 aliphatic carbocycles. The summed E-state index contributed by atoms with van der Waals surface area (Å²) in [7, 11) is 4.52. The fourth-order valence-electron chi connectivity index (χ4n) is 0.931. The molecule has 0 aliphatic rings. The molecule has 1 rings (SSSR count). The average Bonchev–Trinajstić information content (AvgIpc) is 2.48. The second kappa shape index (κ2) is 3.99. The van der Waals surface area contributed by atoms with Gasteiger partial charge in [-0.3, -0.25) is 0 Å². The predicted octanol–water partition coefficient (Wildman–Crippen LogP) is -0.252. The van der Waals surface area contributed by atoms with Crippen LogP contribution in [-0.4, -0.2) is 35.2 Å². The Morgan fingerprint density at radius 3 is 2.77 bits per heavy atom. The Bertz CT molecular complexity index is 308. The zero-order chi connectivity index (χ0) is 9.84.